The maximum atomic E-state index is 5.86. The predicted octanol–water partition coefficient (Wildman–Crippen LogP) is 2.87. The van der Waals surface area contributed by atoms with Crippen molar-refractivity contribution in [2.24, 2.45) is 5.73 Å². The number of pyridine rings is 1. The van der Waals surface area contributed by atoms with Gasteiger partial charge in [0.15, 0.2) is 0 Å². The minimum absolute atomic E-state index is 0.513. The second-order valence-corrected chi connectivity index (χ2v) is 4.89. The molecule has 1 aromatic carbocycles. The zero-order valence-electron chi connectivity index (χ0n) is 11.0. The molecule has 0 amide bonds. The van der Waals surface area contributed by atoms with Gasteiger partial charge in [-0.15, -0.1) is 0 Å². The van der Waals surface area contributed by atoms with Crippen molar-refractivity contribution in [3.8, 4) is 0 Å². The lowest BCUT2D eigenvalue weighted by Gasteiger charge is -2.09. The fourth-order valence-electron chi connectivity index (χ4n) is 2.62. The Morgan fingerprint density at radius 1 is 1.17 bits per heavy atom. The third kappa shape index (κ3) is 1.44. The first kappa shape index (κ1) is 11.2. The van der Waals surface area contributed by atoms with E-state index >= 15 is 0 Å². The van der Waals surface area contributed by atoms with Crippen molar-refractivity contribution in [1.29, 1.82) is 0 Å². The summed E-state index contributed by atoms with van der Waals surface area (Å²) >= 11 is 0. The van der Waals surface area contributed by atoms with Crippen LogP contribution >= 0.6 is 0 Å². The molecule has 0 spiro atoms. The Balaban J connectivity index is 2.58. The lowest BCUT2D eigenvalue weighted by Crippen LogP contribution is -2.03. The van der Waals surface area contributed by atoms with E-state index in [-0.39, 0.29) is 0 Å². The van der Waals surface area contributed by atoms with Crippen LogP contribution in [0.2, 0.25) is 0 Å². The predicted molar refractivity (Wildman–Crippen MR) is 74.8 cm³/mol. The van der Waals surface area contributed by atoms with Gasteiger partial charge in [-0.25, -0.2) is 4.98 Å². The highest BCUT2D eigenvalue weighted by Gasteiger charge is 2.11. The molecule has 0 unspecified atom stereocenters. The average molecular weight is 239 g/mol. The quantitative estimate of drug-likeness (QED) is 0.709. The summed E-state index contributed by atoms with van der Waals surface area (Å²) in [6.45, 7) is 6.78. The molecule has 0 fully saturated rings. The van der Waals surface area contributed by atoms with Gasteiger partial charge in [0.05, 0.1) is 16.9 Å². The zero-order valence-corrected chi connectivity index (χ0v) is 11.0. The molecule has 0 aliphatic carbocycles. The maximum Gasteiger partial charge on any atom is 0.138 e. The van der Waals surface area contributed by atoms with E-state index in [9.17, 15) is 0 Å². The minimum Gasteiger partial charge on any atom is -0.325 e. The van der Waals surface area contributed by atoms with Crippen LogP contribution in [0.15, 0.2) is 24.3 Å². The van der Waals surface area contributed by atoms with Crippen molar-refractivity contribution in [3.05, 3.63) is 46.8 Å². The van der Waals surface area contributed by atoms with Crippen LogP contribution in [0.3, 0.4) is 0 Å². The van der Waals surface area contributed by atoms with Gasteiger partial charge in [-0.3, -0.25) is 4.40 Å². The number of imidazole rings is 1. The average Bonchev–Trinajstić information content (AvgIpc) is 2.65. The van der Waals surface area contributed by atoms with E-state index in [1.54, 1.807) is 0 Å². The third-order valence-corrected chi connectivity index (χ3v) is 3.56. The highest BCUT2D eigenvalue weighted by molar-refractivity contribution is 5.86. The molecule has 2 N–H and O–H groups in total. The van der Waals surface area contributed by atoms with Gasteiger partial charge in [0.1, 0.15) is 5.65 Å². The van der Waals surface area contributed by atoms with E-state index in [1.165, 1.54) is 22.0 Å². The topological polar surface area (TPSA) is 43.3 Å². The molecule has 0 saturated carbocycles. The van der Waals surface area contributed by atoms with Crippen LogP contribution in [0.4, 0.5) is 0 Å². The number of hydrogen-bond acceptors (Lipinski definition) is 2. The summed E-state index contributed by atoms with van der Waals surface area (Å²) in [5.74, 6) is 0. The van der Waals surface area contributed by atoms with E-state index in [0.29, 0.717) is 6.54 Å². The van der Waals surface area contributed by atoms with Crippen LogP contribution in [0.5, 0.6) is 0 Å². The lowest BCUT2D eigenvalue weighted by atomic mass is 10.1. The van der Waals surface area contributed by atoms with Crippen LogP contribution in [-0.2, 0) is 6.54 Å². The van der Waals surface area contributed by atoms with Gasteiger partial charge in [-0.05, 0) is 44.5 Å². The van der Waals surface area contributed by atoms with Crippen molar-refractivity contribution in [2.75, 3.05) is 0 Å². The Morgan fingerprint density at radius 3 is 2.67 bits per heavy atom. The van der Waals surface area contributed by atoms with Gasteiger partial charge in [0.2, 0.25) is 0 Å². The molecule has 0 saturated heterocycles. The van der Waals surface area contributed by atoms with E-state index in [0.717, 1.165) is 17.0 Å². The van der Waals surface area contributed by atoms with Gasteiger partial charge in [-0.1, -0.05) is 11.6 Å². The number of nitrogens with zero attached hydrogens (tertiary/aromatic N) is 2. The summed E-state index contributed by atoms with van der Waals surface area (Å²) in [7, 11) is 0. The first-order valence-corrected chi connectivity index (χ1v) is 6.20. The number of rotatable bonds is 1. The SMILES string of the molecule is Cc1ccc2c(c1)c(C)cc1nc(C)c(CN)n12. The van der Waals surface area contributed by atoms with Crippen molar-refractivity contribution < 1.29 is 0 Å². The van der Waals surface area contributed by atoms with Crippen molar-refractivity contribution in [3.63, 3.8) is 0 Å². The summed E-state index contributed by atoms with van der Waals surface area (Å²) in [6.07, 6.45) is 0. The van der Waals surface area contributed by atoms with E-state index in [1.807, 2.05) is 6.92 Å². The van der Waals surface area contributed by atoms with Crippen LogP contribution < -0.4 is 5.73 Å². The monoisotopic (exact) mass is 239 g/mol. The highest BCUT2D eigenvalue weighted by Crippen LogP contribution is 2.25. The van der Waals surface area contributed by atoms with E-state index < -0.39 is 0 Å². The van der Waals surface area contributed by atoms with Crippen LogP contribution in [0.1, 0.15) is 22.5 Å². The van der Waals surface area contributed by atoms with Crippen LogP contribution in [0.25, 0.3) is 16.6 Å². The standard InChI is InChI=1S/C15H17N3/c1-9-4-5-13-12(6-9)10(2)7-15-17-11(3)14(8-16)18(13)15/h4-7H,8,16H2,1-3H3. The second kappa shape index (κ2) is 3.82. The number of fused-ring (bicyclic) bond motifs is 3. The summed E-state index contributed by atoms with van der Waals surface area (Å²) in [5.41, 5.74) is 12.7. The molecule has 2 heterocycles. The summed E-state index contributed by atoms with van der Waals surface area (Å²) < 4.78 is 2.18. The molecular weight excluding hydrogens is 222 g/mol. The van der Waals surface area contributed by atoms with Crippen LogP contribution in [0, 0.1) is 20.8 Å². The van der Waals surface area contributed by atoms with Crippen molar-refractivity contribution >= 4 is 16.6 Å². The highest BCUT2D eigenvalue weighted by atomic mass is 15.0. The summed E-state index contributed by atoms with van der Waals surface area (Å²) in [4.78, 5) is 4.60. The number of hydrogen-bond donors (Lipinski definition) is 1. The lowest BCUT2D eigenvalue weighted by molar-refractivity contribution is 0.960. The largest absolute Gasteiger partial charge is 0.325 e. The molecule has 2 aromatic heterocycles. The molecule has 3 rings (SSSR count). The van der Waals surface area contributed by atoms with Gasteiger partial charge < -0.3 is 5.73 Å². The third-order valence-electron chi connectivity index (χ3n) is 3.56. The molecule has 18 heavy (non-hydrogen) atoms. The fourth-order valence-corrected chi connectivity index (χ4v) is 2.62. The Labute approximate surface area is 106 Å². The number of benzene rings is 1. The molecule has 0 aliphatic rings. The van der Waals surface area contributed by atoms with Crippen molar-refractivity contribution in [2.45, 2.75) is 27.3 Å². The number of aryl methyl sites for hydroxylation is 3. The Hall–Kier alpha value is -1.87. The molecular formula is C15H17N3. The summed E-state index contributed by atoms with van der Waals surface area (Å²) in [5, 5.41) is 1.27. The van der Waals surface area contributed by atoms with Gasteiger partial charge in [0.25, 0.3) is 0 Å². The normalized spacial score (nSPS) is 11.6. The molecule has 3 aromatic rings. The molecule has 92 valence electrons. The molecule has 0 radical (unpaired) electrons. The number of nitrogens with two attached hydrogens (primary N) is 1. The smallest absolute Gasteiger partial charge is 0.138 e. The van der Waals surface area contributed by atoms with E-state index in [4.69, 9.17) is 5.73 Å². The van der Waals surface area contributed by atoms with Gasteiger partial charge in [0, 0.05) is 11.9 Å². The molecule has 3 nitrogen and oxygen atoms in total. The maximum absolute atomic E-state index is 5.86. The van der Waals surface area contributed by atoms with Gasteiger partial charge in [-0.2, -0.15) is 0 Å². The first-order valence-electron chi connectivity index (χ1n) is 6.20. The molecule has 3 heteroatoms. The Kier molecular flexibility index (Phi) is 2.38. The van der Waals surface area contributed by atoms with Crippen LogP contribution in [-0.4, -0.2) is 9.38 Å². The minimum atomic E-state index is 0.513. The molecule has 0 aliphatic heterocycles. The van der Waals surface area contributed by atoms with Gasteiger partial charge >= 0.3 is 0 Å². The molecule has 0 bridgehead atoms. The Morgan fingerprint density at radius 2 is 1.94 bits per heavy atom. The van der Waals surface area contributed by atoms with Crippen molar-refractivity contribution in [1.82, 2.24) is 9.38 Å². The first-order chi connectivity index (χ1) is 8.61. The number of aromatic nitrogens is 2. The summed E-state index contributed by atoms with van der Waals surface area (Å²) in [6, 6.07) is 8.65. The second-order valence-electron chi connectivity index (χ2n) is 4.89. The Bertz CT molecular complexity index is 753. The zero-order chi connectivity index (χ0) is 12.9. The molecule has 0 atom stereocenters. The fraction of sp³-hybridized carbons (Fsp3) is 0.267. The van der Waals surface area contributed by atoms with E-state index in [2.05, 4.69) is 47.5 Å².